The minimum Gasteiger partial charge on any atom is -0.339 e. The lowest BCUT2D eigenvalue weighted by atomic mass is 9.90. The summed E-state index contributed by atoms with van der Waals surface area (Å²) in [5, 5.41) is 4.09. The number of nitrogens with zero attached hydrogens (tertiary/aromatic N) is 2. The zero-order chi connectivity index (χ0) is 13.0. The Labute approximate surface area is 110 Å². The van der Waals surface area contributed by atoms with E-state index in [4.69, 9.17) is 4.52 Å². The smallest absolute Gasteiger partial charge is 0.226 e. The summed E-state index contributed by atoms with van der Waals surface area (Å²) in [4.78, 5) is 4.52. The van der Waals surface area contributed by atoms with Crippen LogP contribution in [0.5, 0.6) is 0 Å². The molecule has 1 aliphatic carbocycles. The summed E-state index contributed by atoms with van der Waals surface area (Å²) >= 11 is 0. The number of aromatic nitrogens is 2. The lowest BCUT2D eigenvalue weighted by molar-refractivity contribution is 0.344. The Morgan fingerprint density at radius 2 is 1.94 bits per heavy atom. The molecule has 1 aliphatic rings. The van der Waals surface area contributed by atoms with E-state index in [9.17, 15) is 0 Å². The van der Waals surface area contributed by atoms with E-state index in [0.717, 1.165) is 36.9 Å². The topological polar surface area (TPSA) is 38.9 Å². The molecule has 102 valence electrons. The Hall–Kier alpha value is -0.860. The third-order valence-electron chi connectivity index (χ3n) is 3.78. The molecule has 3 heteroatoms. The van der Waals surface area contributed by atoms with Gasteiger partial charge in [-0.3, -0.25) is 0 Å². The Morgan fingerprint density at radius 3 is 2.61 bits per heavy atom. The molecule has 18 heavy (non-hydrogen) atoms. The molecule has 1 aromatic heterocycles. The molecule has 2 rings (SSSR count). The van der Waals surface area contributed by atoms with E-state index in [1.807, 2.05) is 0 Å². The summed E-state index contributed by atoms with van der Waals surface area (Å²) in [6.45, 7) is 6.82. The van der Waals surface area contributed by atoms with Crippen LogP contribution < -0.4 is 0 Å². The average molecular weight is 250 g/mol. The first-order valence-corrected chi connectivity index (χ1v) is 7.34. The first-order valence-electron chi connectivity index (χ1n) is 7.34. The highest BCUT2D eigenvalue weighted by Crippen LogP contribution is 2.27. The van der Waals surface area contributed by atoms with Crippen LogP contribution in [0.25, 0.3) is 0 Å². The molecule has 0 N–H and O–H groups in total. The van der Waals surface area contributed by atoms with E-state index in [1.165, 1.54) is 32.1 Å². The molecule has 0 spiro atoms. The SMILES string of the molecule is CC(C)(C)CCCc1noc(CC2CCCC2)n1. The van der Waals surface area contributed by atoms with Crippen LogP contribution in [-0.2, 0) is 12.8 Å². The van der Waals surface area contributed by atoms with Gasteiger partial charge in [0.25, 0.3) is 0 Å². The van der Waals surface area contributed by atoms with Crippen LogP contribution in [0.4, 0.5) is 0 Å². The van der Waals surface area contributed by atoms with Gasteiger partial charge in [0.1, 0.15) is 0 Å². The molecule has 0 saturated heterocycles. The fourth-order valence-electron chi connectivity index (χ4n) is 2.71. The van der Waals surface area contributed by atoms with Crippen LogP contribution in [0.1, 0.15) is 71.0 Å². The monoisotopic (exact) mass is 250 g/mol. The number of hydrogen-bond acceptors (Lipinski definition) is 3. The molecule has 1 fully saturated rings. The van der Waals surface area contributed by atoms with Crippen LogP contribution in [0.15, 0.2) is 4.52 Å². The van der Waals surface area contributed by atoms with Crippen molar-refractivity contribution in [2.45, 2.75) is 72.1 Å². The van der Waals surface area contributed by atoms with Gasteiger partial charge in [0.2, 0.25) is 5.89 Å². The summed E-state index contributed by atoms with van der Waals surface area (Å²) in [6, 6.07) is 0. The summed E-state index contributed by atoms with van der Waals surface area (Å²) in [5.41, 5.74) is 0.399. The Balaban J connectivity index is 1.75. The summed E-state index contributed by atoms with van der Waals surface area (Å²) in [7, 11) is 0. The number of rotatable bonds is 5. The molecule has 0 radical (unpaired) electrons. The van der Waals surface area contributed by atoms with E-state index >= 15 is 0 Å². The summed E-state index contributed by atoms with van der Waals surface area (Å²) < 4.78 is 5.35. The molecule has 3 nitrogen and oxygen atoms in total. The van der Waals surface area contributed by atoms with Gasteiger partial charge >= 0.3 is 0 Å². The van der Waals surface area contributed by atoms with Crippen molar-refractivity contribution < 1.29 is 4.52 Å². The van der Waals surface area contributed by atoms with Gasteiger partial charge in [-0.2, -0.15) is 4.98 Å². The zero-order valence-corrected chi connectivity index (χ0v) is 12.0. The average Bonchev–Trinajstić information content (AvgIpc) is 2.89. The number of hydrogen-bond donors (Lipinski definition) is 0. The minimum absolute atomic E-state index is 0.399. The van der Waals surface area contributed by atoms with E-state index in [2.05, 4.69) is 30.9 Å². The Kier molecular flexibility index (Phi) is 4.41. The molecule has 0 bridgehead atoms. The van der Waals surface area contributed by atoms with E-state index in [-0.39, 0.29) is 0 Å². The van der Waals surface area contributed by atoms with E-state index in [0.29, 0.717) is 5.41 Å². The fourth-order valence-corrected chi connectivity index (χ4v) is 2.71. The van der Waals surface area contributed by atoms with E-state index < -0.39 is 0 Å². The molecular formula is C15H26N2O. The molecular weight excluding hydrogens is 224 g/mol. The third kappa shape index (κ3) is 4.43. The molecule has 0 amide bonds. The van der Waals surface area contributed by atoms with E-state index in [1.54, 1.807) is 0 Å². The number of aryl methyl sites for hydroxylation is 1. The normalized spacial score (nSPS) is 17.5. The fraction of sp³-hybridized carbons (Fsp3) is 0.867. The van der Waals surface area contributed by atoms with Gasteiger partial charge < -0.3 is 4.52 Å². The van der Waals surface area contributed by atoms with Crippen molar-refractivity contribution in [2.75, 3.05) is 0 Å². The van der Waals surface area contributed by atoms with Crippen LogP contribution in [-0.4, -0.2) is 10.1 Å². The molecule has 1 heterocycles. The van der Waals surface area contributed by atoms with Gasteiger partial charge in [0.15, 0.2) is 5.82 Å². The molecule has 0 atom stereocenters. The standard InChI is InChI=1S/C15H26N2O/c1-15(2,3)10-6-9-13-16-14(18-17-13)11-12-7-4-5-8-12/h12H,4-11H2,1-3H3. The second kappa shape index (κ2) is 5.85. The quantitative estimate of drug-likeness (QED) is 0.787. The van der Waals surface area contributed by atoms with Crippen molar-refractivity contribution in [1.29, 1.82) is 0 Å². The first kappa shape index (κ1) is 13.6. The first-order chi connectivity index (χ1) is 8.53. The zero-order valence-electron chi connectivity index (χ0n) is 12.0. The molecule has 1 aromatic rings. The van der Waals surface area contributed by atoms with Gasteiger partial charge in [0, 0.05) is 12.8 Å². The highest BCUT2D eigenvalue weighted by atomic mass is 16.5. The predicted octanol–water partition coefficient (Wildman–Crippen LogP) is 4.17. The summed E-state index contributed by atoms with van der Waals surface area (Å²) in [5.74, 6) is 2.53. The van der Waals surface area contributed by atoms with Crippen LogP contribution in [0.2, 0.25) is 0 Å². The van der Waals surface area contributed by atoms with Crippen molar-refractivity contribution in [3.8, 4) is 0 Å². The summed E-state index contributed by atoms with van der Waals surface area (Å²) in [6.07, 6.45) is 9.71. The van der Waals surface area contributed by atoms with Crippen LogP contribution >= 0.6 is 0 Å². The third-order valence-corrected chi connectivity index (χ3v) is 3.78. The van der Waals surface area contributed by atoms with Gasteiger partial charge in [-0.15, -0.1) is 0 Å². The lowest BCUT2D eigenvalue weighted by Crippen LogP contribution is -2.05. The largest absolute Gasteiger partial charge is 0.339 e. The Morgan fingerprint density at radius 1 is 1.22 bits per heavy atom. The second-order valence-corrected chi connectivity index (χ2v) is 6.87. The van der Waals surface area contributed by atoms with Crippen molar-refractivity contribution in [2.24, 2.45) is 11.3 Å². The second-order valence-electron chi connectivity index (χ2n) is 6.87. The highest BCUT2D eigenvalue weighted by Gasteiger charge is 2.19. The van der Waals surface area contributed by atoms with Crippen LogP contribution in [0.3, 0.4) is 0 Å². The lowest BCUT2D eigenvalue weighted by Gasteiger charge is -2.16. The van der Waals surface area contributed by atoms with Crippen molar-refractivity contribution in [1.82, 2.24) is 10.1 Å². The molecule has 0 aliphatic heterocycles. The van der Waals surface area contributed by atoms with Gasteiger partial charge in [-0.1, -0.05) is 38.8 Å². The van der Waals surface area contributed by atoms with Crippen molar-refractivity contribution in [3.63, 3.8) is 0 Å². The van der Waals surface area contributed by atoms with Gasteiger partial charge in [0.05, 0.1) is 0 Å². The highest BCUT2D eigenvalue weighted by molar-refractivity contribution is 4.89. The maximum absolute atomic E-state index is 5.35. The molecule has 1 saturated carbocycles. The predicted molar refractivity (Wildman–Crippen MR) is 72.4 cm³/mol. The van der Waals surface area contributed by atoms with Crippen molar-refractivity contribution >= 4 is 0 Å². The maximum atomic E-state index is 5.35. The molecule has 0 aromatic carbocycles. The van der Waals surface area contributed by atoms with Gasteiger partial charge in [-0.05, 0) is 37.0 Å². The van der Waals surface area contributed by atoms with Crippen molar-refractivity contribution in [3.05, 3.63) is 11.7 Å². The Bertz CT molecular complexity index is 359. The maximum Gasteiger partial charge on any atom is 0.226 e. The van der Waals surface area contributed by atoms with Crippen LogP contribution in [0, 0.1) is 11.3 Å². The van der Waals surface area contributed by atoms with Gasteiger partial charge in [-0.25, -0.2) is 0 Å². The minimum atomic E-state index is 0.399. The molecule has 0 unspecified atom stereocenters.